The number of thiophene rings is 1. The van der Waals surface area contributed by atoms with Gasteiger partial charge in [0.15, 0.2) is 0 Å². The molecule has 2 unspecified atom stereocenters. The molecule has 2 bridgehead atoms. The van der Waals surface area contributed by atoms with Gasteiger partial charge in [0, 0.05) is 10.4 Å². The molecule has 3 aromatic rings. The number of hydrogen-bond donors (Lipinski definition) is 0. The van der Waals surface area contributed by atoms with Crippen LogP contribution in [0.25, 0.3) is 22.4 Å². The van der Waals surface area contributed by atoms with Gasteiger partial charge in [0.25, 0.3) is 0 Å². The van der Waals surface area contributed by atoms with E-state index in [1.807, 2.05) is 11.3 Å². The Bertz CT molecular complexity index is 1180. The molecule has 0 spiro atoms. The summed E-state index contributed by atoms with van der Waals surface area (Å²) in [5.41, 5.74) is 11.3. The first kappa shape index (κ1) is 24.9. The summed E-state index contributed by atoms with van der Waals surface area (Å²) < 4.78 is 0.654. The molecule has 0 amide bonds. The van der Waals surface area contributed by atoms with Gasteiger partial charge in [-0.05, 0) is 29.1 Å². The fraction of sp³-hybridized carbons (Fsp3) is 0.231. The van der Waals surface area contributed by atoms with Crippen LogP contribution in [-0.4, -0.2) is 8.07 Å². The molecule has 2 aromatic carbocycles. The molecule has 31 heavy (non-hydrogen) atoms. The standard InChI is InChI=1S/C16H13.C10H12SSi.2ClH.Zr/c1-12-10-14-8-5-9-15(16(14)11-12)13-6-3-2-4-7-13;1-6-9-7-4-5-11-8(7)10(6)12(9,2)3;;;/h2-11H,1H3;4-5,9H,1-3H3;2*1H;/q;;;;+2/p-2. The summed E-state index contributed by atoms with van der Waals surface area (Å²) in [4.78, 5) is 1.63. The zero-order valence-electron chi connectivity index (χ0n) is 18.2. The van der Waals surface area contributed by atoms with Crippen LogP contribution in [0.4, 0.5) is 0 Å². The quantitative estimate of drug-likeness (QED) is 0.399. The Morgan fingerprint density at radius 1 is 0.871 bits per heavy atom. The van der Waals surface area contributed by atoms with E-state index in [1.54, 1.807) is 45.9 Å². The topological polar surface area (TPSA) is 0 Å². The summed E-state index contributed by atoms with van der Waals surface area (Å²) in [6.45, 7) is 9.58. The predicted octanol–water partition coefficient (Wildman–Crippen LogP) is 1.79. The van der Waals surface area contributed by atoms with E-state index in [1.165, 1.54) is 27.8 Å². The maximum atomic E-state index is 2.51. The zero-order chi connectivity index (χ0) is 20.3. The van der Waals surface area contributed by atoms with Gasteiger partial charge < -0.3 is 24.8 Å². The Hall–Kier alpha value is -0.700. The molecule has 0 saturated heterocycles. The summed E-state index contributed by atoms with van der Waals surface area (Å²) in [5.74, 6) is 0. The second-order valence-corrected chi connectivity index (χ2v) is 15.8. The van der Waals surface area contributed by atoms with Gasteiger partial charge in [-0.3, -0.25) is 0 Å². The number of halogens is 2. The molecule has 2 aliphatic carbocycles. The molecule has 2 atom stereocenters. The van der Waals surface area contributed by atoms with Gasteiger partial charge in [0.2, 0.25) is 0 Å². The van der Waals surface area contributed by atoms with Crippen molar-refractivity contribution in [1.29, 1.82) is 0 Å². The summed E-state index contributed by atoms with van der Waals surface area (Å²) in [7, 11) is -0.972. The van der Waals surface area contributed by atoms with E-state index in [4.69, 9.17) is 0 Å². The number of rotatable bonds is 1. The van der Waals surface area contributed by atoms with Gasteiger partial charge in [0.1, 0.15) is 0 Å². The molecular weight excluding hydrogens is 535 g/mol. The van der Waals surface area contributed by atoms with Crippen LogP contribution >= 0.6 is 11.3 Å². The molecule has 0 N–H and O–H groups in total. The SMILES string of the molecule is CC1=C2c3sccc3C1[Si]2(C)C.CC1=Cc2c(-c3ccccc3)cccc2[CH]1[Zr+2].[Cl-].[Cl-]. The molecule has 2 aliphatic heterocycles. The van der Waals surface area contributed by atoms with Crippen LogP contribution in [0, 0.1) is 0 Å². The minimum absolute atomic E-state index is 0. The van der Waals surface area contributed by atoms with E-state index in [0.717, 1.165) is 5.54 Å². The van der Waals surface area contributed by atoms with Gasteiger partial charge in [0.05, 0.1) is 8.07 Å². The van der Waals surface area contributed by atoms with Gasteiger partial charge in [-0.15, -0.1) is 11.3 Å². The van der Waals surface area contributed by atoms with Crippen molar-refractivity contribution in [2.75, 3.05) is 0 Å². The normalized spacial score (nSPS) is 20.9. The van der Waals surface area contributed by atoms with E-state index in [0.29, 0.717) is 3.63 Å². The summed E-state index contributed by atoms with van der Waals surface area (Å²) in [6, 6.07) is 19.7. The number of benzene rings is 2. The molecule has 157 valence electrons. The Balaban J connectivity index is 0.000000173. The second kappa shape index (κ2) is 9.27. The van der Waals surface area contributed by atoms with Crippen LogP contribution in [-0.2, 0) is 24.7 Å². The van der Waals surface area contributed by atoms with Crippen LogP contribution in [0.2, 0.25) is 13.1 Å². The summed E-state index contributed by atoms with van der Waals surface area (Å²) >= 11 is 3.53. The van der Waals surface area contributed by atoms with Crippen LogP contribution in [0.5, 0.6) is 0 Å². The smallest absolute Gasteiger partial charge is 1.00 e. The third-order valence-corrected chi connectivity index (χ3v) is 13.9. The van der Waals surface area contributed by atoms with Gasteiger partial charge >= 0.3 is 118 Å². The molecule has 0 radical (unpaired) electrons. The first-order valence-electron chi connectivity index (χ1n) is 10.3. The summed E-state index contributed by atoms with van der Waals surface area (Å²) in [5, 5.41) is 4.02. The molecule has 4 aliphatic rings. The van der Waals surface area contributed by atoms with Gasteiger partial charge in [-0.25, -0.2) is 0 Å². The molecule has 1 aromatic heterocycles. The maximum absolute atomic E-state index is 2.51. The molecule has 0 nitrogen and oxygen atoms in total. The largest absolute Gasteiger partial charge is 1.00 e. The minimum Gasteiger partial charge on any atom is -1.00 e. The molecular formula is C26H25Cl2SSiZr. The molecule has 7 rings (SSSR count). The average molecular weight is 560 g/mol. The minimum atomic E-state index is -0.972. The van der Waals surface area contributed by atoms with Crippen molar-refractivity contribution in [1.82, 2.24) is 0 Å². The number of hydrogen-bond acceptors (Lipinski definition) is 1. The summed E-state index contributed by atoms with van der Waals surface area (Å²) in [6.07, 6.45) is 2.36. The van der Waals surface area contributed by atoms with Crippen molar-refractivity contribution < 1.29 is 49.5 Å². The fourth-order valence-corrected chi connectivity index (χ4v) is 12.6. The Kier molecular flexibility index (Phi) is 7.46. The van der Waals surface area contributed by atoms with E-state index in [2.05, 4.69) is 93.0 Å². The van der Waals surface area contributed by atoms with Crippen LogP contribution in [0.1, 0.15) is 44.6 Å². The number of allylic oxidation sites excluding steroid dienone is 2. The molecule has 0 fully saturated rings. The fourth-order valence-electron chi connectivity index (χ4n) is 5.53. The number of fused-ring (bicyclic) bond motifs is 1. The van der Waals surface area contributed by atoms with Gasteiger partial charge in [-0.1, -0.05) is 18.7 Å². The Morgan fingerprint density at radius 2 is 1.58 bits per heavy atom. The van der Waals surface area contributed by atoms with Crippen molar-refractivity contribution >= 4 is 30.7 Å². The van der Waals surface area contributed by atoms with Crippen molar-refractivity contribution in [3.05, 3.63) is 92.7 Å². The molecule has 5 heteroatoms. The predicted molar refractivity (Wildman–Crippen MR) is 125 cm³/mol. The first-order valence-corrected chi connectivity index (χ1v) is 15.7. The zero-order valence-corrected chi connectivity index (χ0v) is 24.0. The molecule has 3 heterocycles. The first-order chi connectivity index (χ1) is 13.9. The third-order valence-electron chi connectivity index (χ3n) is 6.79. The second-order valence-electron chi connectivity index (χ2n) is 8.91. The van der Waals surface area contributed by atoms with Crippen LogP contribution in [0.3, 0.4) is 0 Å². The Morgan fingerprint density at radius 3 is 2.23 bits per heavy atom. The monoisotopic (exact) mass is 557 g/mol. The van der Waals surface area contributed by atoms with Crippen molar-refractivity contribution in [2.24, 2.45) is 0 Å². The maximum Gasteiger partial charge on any atom is -1.00 e. The molecule has 0 saturated carbocycles. The van der Waals surface area contributed by atoms with E-state index >= 15 is 0 Å². The van der Waals surface area contributed by atoms with Crippen molar-refractivity contribution in [3.8, 4) is 11.1 Å². The van der Waals surface area contributed by atoms with Crippen LogP contribution in [0.15, 0.2) is 71.1 Å². The van der Waals surface area contributed by atoms with Gasteiger partial charge in [-0.2, -0.15) is 0 Å². The van der Waals surface area contributed by atoms with Crippen molar-refractivity contribution in [2.45, 2.75) is 36.1 Å². The van der Waals surface area contributed by atoms with E-state index in [9.17, 15) is 0 Å². The van der Waals surface area contributed by atoms with Crippen molar-refractivity contribution in [3.63, 3.8) is 0 Å². The Labute approximate surface area is 218 Å². The van der Waals surface area contributed by atoms with E-state index < -0.39 is 8.07 Å². The van der Waals surface area contributed by atoms with E-state index in [-0.39, 0.29) is 24.8 Å². The van der Waals surface area contributed by atoms with Crippen LogP contribution < -0.4 is 24.8 Å². The third kappa shape index (κ3) is 3.85. The average Bonchev–Trinajstić information content (AvgIpc) is 3.40.